The van der Waals surface area contributed by atoms with Crippen molar-refractivity contribution in [2.45, 2.75) is 113 Å². The third-order valence-corrected chi connectivity index (χ3v) is 23.3. The summed E-state index contributed by atoms with van der Waals surface area (Å²) in [5.74, 6) is 0.515. The first kappa shape index (κ1) is 77.7. The number of fused-ring (bicyclic) bond motifs is 8. The molecule has 0 spiro atoms. The van der Waals surface area contributed by atoms with Gasteiger partial charge in [-0.3, -0.25) is 66.2 Å². The number of rotatable bonds is 11. The van der Waals surface area contributed by atoms with Crippen LogP contribution in [0.5, 0.6) is 0 Å². The first-order valence-electron chi connectivity index (χ1n) is 40.9. The molecular weight excluding hydrogens is 1480 g/mol. The van der Waals surface area contributed by atoms with Gasteiger partial charge in [0, 0.05) is 166 Å². The molecule has 0 saturated carbocycles. The van der Waals surface area contributed by atoms with E-state index in [0.29, 0.717) is 57.3 Å². The average molecular weight is 1570 g/mol. The van der Waals surface area contributed by atoms with Crippen LogP contribution in [0.25, 0.3) is 112 Å². The van der Waals surface area contributed by atoms with Crippen molar-refractivity contribution in [3.8, 4) is 45.0 Å². The molecule has 4 aliphatic rings. The Kier molecular flexibility index (Phi) is 21.5. The maximum absolute atomic E-state index is 13.0. The van der Waals surface area contributed by atoms with Gasteiger partial charge in [0.25, 0.3) is 22.2 Å². The standard InChI is InChI=1S/C24H26N6O.C23H23N5O.C23H25N5O.C23H23N5O/c1-15(2)28-7-5-18(6-8-28)21-14-30-23(11-25-21)27-20(10-24(30)31)19-9-22-17(4)26-16(3)12-29(22)13-19;1-14-8-18(17-4-6-24-7-5-17)13-28-22(29)10-20(26-23(14)28)19-9-21-16(3)25-15(2)11-27(21)12-19;1-3-26-10-8-17(9-11-26)18-4-7-22-25-20(12-23(29)28(22)15-18)19-5-6-21-24-16(2)13-27(21)14-19;1-3-27-10-8-16(9-11-27)18-5-7-22-24-21(13-23(29)28(22)15-18)17-4-6-20-19(12-17)14-26(2)25-20/h5,9-15H,6-8H2,1-4H3;4,8-13,24H,5-7H2,1-3H3;4-7,12-15,17H,3,8-11H2,1-2H3;4-8,12-15H,3,9-11H2,1-2H3. The van der Waals surface area contributed by atoms with E-state index in [-0.39, 0.29) is 22.2 Å². The van der Waals surface area contributed by atoms with Crippen LogP contribution in [0.15, 0.2) is 209 Å². The number of pyridine rings is 4. The van der Waals surface area contributed by atoms with E-state index in [1.54, 1.807) is 52.7 Å². The molecule has 20 rings (SSSR count). The van der Waals surface area contributed by atoms with E-state index < -0.39 is 0 Å². The Morgan fingerprint density at radius 1 is 0.441 bits per heavy atom. The molecule has 4 aliphatic heterocycles. The highest BCUT2D eigenvalue weighted by atomic mass is 16.1. The van der Waals surface area contributed by atoms with Gasteiger partial charge in [-0.15, -0.1) is 0 Å². The molecule has 0 radical (unpaired) electrons. The van der Waals surface area contributed by atoms with Crippen LogP contribution in [-0.2, 0) is 7.05 Å². The Morgan fingerprint density at radius 2 is 1.00 bits per heavy atom. The van der Waals surface area contributed by atoms with E-state index in [1.807, 2.05) is 180 Å². The fraction of sp³-hybridized carbons (Fsp3) is 0.301. The van der Waals surface area contributed by atoms with Gasteiger partial charge in [-0.2, -0.15) is 5.10 Å². The van der Waals surface area contributed by atoms with E-state index in [1.165, 1.54) is 22.3 Å². The van der Waals surface area contributed by atoms with Crippen molar-refractivity contribution in [3.63, 3.8) is 0 Å². The summed E-state index contributed by atoms with van der Waals surface area (Å²) in [6.45, 7) is 30.9. The molecule has 0 unspecified atom stereocenters. The zero-order chi connectivity index (χ0) is 81.7. The molecule has 1 fully saturated rings. The van der Waals surface area contributed by atoms with E-state index in [4.69, 9.17) is 19.9 Å². The second kappa shape index (κ2) is 32.7. The molecule has 0 amide bonds. The van der Waals surface area contributed by atoms with Gasteiger partial charge < -0.3 is 23.4 Å². The number of piperidine rings is 1. The second-order valence-corrected chi connectivity index (χ2v) is 31.8. The van der Waals surface area contributed by atoms with Gasteiger partial charge in [-0.05, 0) is 226 Å². The van der Waals surface area contributed by atoms with Crippen molar-refractivity contribution in [2.24, 2.45) is 7.05 Å². The monoisotopic (exact) mass is 1570 g/mol. The molecule has 25 nitrogen and oxygen atoms in total. The molecular formula is C93H97N21O4. The summed E-state index contributed by atoms with van der Waals surface area (Å²) in [6.07, 6.45) is 35.1. The first-order chi connectivity index (χ1) is 57.1. The number of nitrogens with zero attached hydrogens (tertiary/aromatic N) is 20. The quantitative estimate of drug-likeness (QED) is 0.127. The van der Waals surface area contributed by atoms with Crippen molar-refractivity contribution >= 4 is 66.9 Å². The Balaban J connectivity index is 0.000000113. The van der Waals surface area contributed by atoms with Crippen LogP contribution >= 0.6 is 0 Å². The van der Waals surface area contributed by atoms with E-state index in [9.17, 15) is 19.2 Å². The Hall–Kier alpha value is -12.8. The fourth-order valence-electron chi connectivity index (χ4n) is 16.8. The molecule has 25 heteroatoms. The molecule has 16 aromatic rings. The summed E-state index contributed by atoms with van der Waals surface area (Å²) in [4.78, 5) is 96.1. The molecule has 19 heterocycles. The zero-order valence-corrected chi connectivity index (χ0v) is 68.7. The van der Waals surface area contributed by atoms with Gasteiger partial charge in [-0.1, -0.05) is 44.2 Å². The molecule has 1 aromatic carbocycles. The third-order valence-electron chi connectivity index (χ3n) is 23.3. The number of hydrogen-bond acceptors (Lipinski definition) is 17. The van der Waals surface area contributed by atoms with Crippen molar-refractivity contribution < 1.29 is 0 Å². The Bertz CT molecular complexity index is 6970. The Labute approximate surface area is 682 Å². The largest absolute Gasteiger partial charge is 0.320 e. The number of benzene rings is 1. The summed E-state index contributed by atoms with van der Waals surface area (Å²) >= 11 is 0. The minimum absolute atomic E-state index is 0.0419. The third kappa shape index (κ3) is 16.2. The maximum Gasteiger partial charge on any atom is 0.258 e. The van der Waals surface area contributed by atoms with E-state index in [0.717, 1.165) is 198 Å². The number of imidazole rings is 1. The highest BCUT2D eigenvalue weighted by Crippen LogP contribution is 2.32. The van der Waals surface area contributed by atoms with Gasteiger partial charge in [0.1, 0.15) is 22.6 Å². The highest BCUT2D eigenvalue weighted by Gasteiger charge is 2.23. The lowest BCUT2D eigenvalue weighted by atomic mass is 9.90. The van der Waals surface area contributed by atoms with Crippen molar-refractivity contribution in [1.82, 2.24) is 100 Å². The van der Waals surface area contributed by atoms with Gasteiger partial charge in [0.05, 0.1) is 79.7 Å². The second-order valence-electron chi connectivity index (χ2n) is 31.8. The minimum Gasteiger partial charge on any atom is -0.320 e. The fourth-order valence-corrected chi connectivity index (χ4v) is 16.8. The molecule has 0 bridgehead atoms. The van der Waals surface area contributed by atoms with Crippen molar-refractivity contribution in [3.05, 3.63) is 287 Å². The molecule has 1 N–H and O–H groups in total. The lowest BCUT2D eigenvalue weighted by Gasteiger charge is -2.31. The maximum atomic E-state index is 13.0. The predicted octanol–water partition coefficient (Wildman–Crippen LogP) is 13.7. The van der Waals surface area contributed by atoms with Gasteiger partial charge >= 0.3 is 0 Å². The van der Waals surface area contributed by atoms with Crippen LogP contribution in [0.2, 0.25) is 0 Å². The molecule has 0 atom stereocenters. The van der Waals surface area contributed by atoms with Crippen LogP contribution in [0.3, 0.4) is 0 Å². The topological polar surface area (TPSA) is 242 Å². The highest BCUT2D eigenvalue weighted by molar-refractivity contribution is 5.84. The van der Waals surface area contributed by atoms with Crippen LogP contribution in [0, 0.1) is 41.5 Å². The summed E-state index contributed by atoms with van der Waals surface area (Å²) in [7, 11) is 1.90. The van der Waals surface area contributed by atoms with Crippen molar-refractivity contribution in [2.75, 3.05) is 65.4 Å². The molecule has 598 valence electrons. The normalized spacial score (nSPS) is 15.2. The van der Waals surface area contributed by atoms with Gasteiger partial charge in [-0.25, -0.2) is 24.9 Å². The van der Waals surface area contributed by atoms with E-state index >= 15 is 0 Å². The summed E-state index contributed by atoms with van der Waals surface area (Å²) in [6, 6.07) is 31.2. The summed E-state index contributed by atoms with van der Waals surface area (Å²) in [5, 5.41) is 8.76. The van der Waals surface area contributed by atoms with E-state index in [2.05, 4.69) is 114 Å². The minimum atomic E-state index is -0.106. The van der Waals surface area contributed by atoms with Gasteiger partial charge in [0.2, 0.25) is 0 Å². The number of aryl methyl sites for hydroxylation is 7. The lowest BCUT2D eigenvalue weighted by molar-refractivity contribution is 0.222. The number of hydrogen-bond donors (Lipinski definition) is 1. The molecule has 1 saturated heterocycles. The lowest BCUT2D eigenvalue weighted by Crippen LogP contribution is -2.34. The van der Waals surface area contributed by atoms with Crippen molar-refractivity contribution in [1.29, 1.82) is 0 Å². The molecule has 15 aromatic heterocycles. The Morgan fingerprint density at radius 3 is 1.64 bits per heavy atom. The SMILES string of the molecule is CCN1CC=C(c2ccc3nc(-c4ccc5nn(C)cc5c4)cc(=O)n3c2)CC1.CCN1CCC(c2ccc3nc(-c4ccc5nc(C)cn5c4)cc(=O)n3c2)CC1.Cc1cn2cc(-c3cc(=O)n4cc(C5=CCN(C(C)C)CC5)ncc4n3)cc2c(C)n1.Cc1cn2cc(-c3cc(=O)n4cc(C5=CCNCC5)cc(C)c4n3)cc2c(C)n1. The number of likely N-dealkylation sites (N-methyl/N-ethyl adjacent to an activating group) is 1. The van der Waals surface area contributed by atoms with Gasteiger partial charge in [0.15, 0.2) is 5.65 Å². The number of aromatic nitrogens is 17. The first-order valence-corrected chi connectivity index (χ1v) is 40.9. The predicted molar refractivity (Wildman–Crippen MR) is 468 cm³/mol. The zero-order valence-electron chi connectivity index (χ0n) is 68.7. The smallest absolute Gasteiger partial charge is 0.258 e. The summed E-state index contributed by atoms with van der Waals surface area (Å²) < 4.78 is 14.4. The number of nitrogens with one attached hydrogen (secondary N) is 1. The number of likely N-dealkylation sites (tertiary alicyclic amines) is 1. The molecule has 0 aliphatic carbocycles. The average Bonchev–Trinajstić information content (AvgIpc) is 1.00. The molecule has 118 heavy (non-hydrogen) atoms. The van der Waals surface area contributed by atoms with Crippen LogP contribution in [-0.4, -0.2) is 167 Å². The van der Waals surface area contributed by atoms with Crippen LogP contribution < -0.4 is 27.6 Å². The van der Waals surface area contributed by atoms with Crippen LogP contribution in [0.4, 0.5) is 0 Å². The van der Waals surface area contributed by atoms with Crippen LogP contribution in [0.1, 0.15) is 122 Å². The summed E-state index contributed by atoms with van der Waals surface area (Å²) in [5.41, 5.74) is 26.3.